The van der Waals surface area contributed by atoms with Crippen molar-refractivity contribution in [1.82, 2.24) is 30.0 Å². The molecule has 4 aromatic rings. The number of benzene rings is 2. The maximum absolute atomic E-state index is 13.4. The van der Waals surface area contributed by atoms with Gasteiger partial charge >= 0.3 is 0 Å². The van der Waals surface area contributed by atoms with Gasteiger partial charge in [0.05, 0.1) is 24.7 Å². The van der Waals surface area contributed by atoms with Gasteiger partial charge in [-0.3, -0.25) is 4.90 Å². The molecular weight excluding hydrogens is 649 g/mol. The monoisotopic (exact) mass is 693 g/mol. The summed E-state index contributed by atoms with van der Waals surface area (Å²) in [6.45, 7) is 14.0. The second-order valence-corrected chi connectivity index (χ2v) is 16.5. The van der Waals surface area contributed by atoms with Crippen LogP contribution in [0.3, 0.4) is 0 Å². The zero-order valence-electron chi connectivity index (χ0n) is 28.6. The molecule has 12 nitrogen and oxygen atoms in total. The molecule has 0 radical (unpaired) electrons. The third-order valence-electron chi connectivity index (χ3n) is 9.24. The van der Waals surface area contributed by atoms with Crippen LogP contribution in [0.25, 0.3) is 11.5 Å². The van der Waals surface area contributed by atoms with E-state index in [1.54, 1.807) is 33.4 Å². The lowest BCUT2D eigenvalue weighted by Gasteiger charge is -2.43. The number of hydrogen-bond donors (Lipinski definition) is 2. The molecule has 2 fully saturated rings. The van der Waals surface area contributed by atoms with Crippen molar-refractivity contribution >= 4 is 52.9 Å². The molecule has 6 rings (SSSR count). The molecule has 2 aromatic heterocycles. The van der Waals surface area contributed by atoms with E-state index in [0.717, 1.165) is 64.2 Å². The molecule has 2 aliphatic heterocycles. The van der Waals surface area contributed by atoms with Crippen LogP contribution in [0.2, 0.25) is 5.02 Å². The van der Waals surface area contributed by atoms with Crippen LogP contribution in [0.15, 0.2) is 40.9 Å². The first kappa shape index (κ1) is 34.2. The minimum Gasteiger partial charge on any atom is -0.494 e. The van der Waals surface area contributed by atoms with Crippen LogP contribution in [0, 0.1) is 6.92 Å². The molecule has 2 N–H and O–H groups in total. The number of piperazine rings is 1. The van der Waals surface area contributed by atoms with Crippen molar-refractivity contribution < 1.29 is 13.7 Å². The fraction of sp³-hybridized carbons (Fsp3) is 0.471. The number of rotatable bonds is 10. The third-order valence-corrected chi connectivity index (χ3v) is 11.0. The van der Waals surface area contributed by atoms with Crippen molar-refractivity contribution in [2.75, 3.05) is 82.3 Å². The maximum atomic E-state index is 13.4. The van der Waals surface area contributed by atoms with Crippen molar-refractivity contribution in [3.8, 4) is 17.2 Å². The van der Waals surface area contributed by atoms with Gasteiger partial charge in [-0.25, -0.2) is 4.98 Å². The highest BCUT2D eigenvalue weighted by Crippen LogP contribution is 2.41. The Hall–Kier alpha value is -3.70. The lowest BCUT2D eigenvalue weighted by atomic mass is 9.99. The van der Waals surface area contributed by atoms with E-state index in [4.69, 9.17) is 25.7 Å². The Bertz CT molecular complexity index is 1800. The number of aromatic nitrogens is 4. The third kappa shape index (κ3) is 7.62. The lowest BCUT2D eigenvalue weighted by molar-refractivity contribution is 0.0982. The molecule has 0 spiro atoms. The van der Waals surface area contributed by atoms with Crippen LogP contribution in [0.1, 0.15) is 31.2 Å². The van der Waals surface area contributed by atoms with Gasteiger partial charge in [0, 0.05) is 74.9 Å². The molecule has 0 amide bonds. The van der Waals surface area contributed by atoms with E-state index in [0.29, 0.717) is 56.9 Å². The van der Waals surface area contributed by atoms with Gasteiger partial charge in [-0.05, 0) is 69.5 Å². The highest BCUT2D eigenvalue weighted by molar-refractivity contribution is 7.70. The predicted octanol–water partition coefficient (Wildman–Crippen LogP) is 6.01. The zero-order chi connectivity index (χ0) is 34.0. The molecule has 0 aliphatic carbocycles. The Labute approximate surface area is 287 Å². The van der Waals surface area contributed by atoms with Gasteiger partial charge in [0.2, 0.25) is 17.7 Å². The van der Waals surface area contributed by atoms with E-state index in [9.17, 15) is 4.57 Å². The number of methoxy groups -OCH3 is 1. The first-order valence-electron chi connectivity index (χ1n) is 16.5. The summed E-state index contributed by atoms with van der Waals surface area (Å²) in [5, 5.41) is 15.6. The summed E-state index contributed by atoms with van der Waals surface area (Å²) in [6.07, 6.45) is 4.74. The Balaban J connectivity index is 1.21. The van der Waals surface area contributed by atoms with Crippen molar-refractivity contribution in [1.29, 1.82) is 0 Å². The standard InChI is InChI=1S/C34H45ClN9O3P/c1-7-23-18-28(30(46-4)20-29(23)44-12-10-25(11-13-44)43-16-14-42(3)15-17-43)38-34-36-21-26(35)32(39-34)37-27-9-8-24(19-31(27)48(5,6)45)33-41-40-22(2)47-33/h8-9,18-21,25H,7,10-17H2,1-6H3,(H2,36,37,38,39). The fourth-order valence-corrected chi connectivity index (χ4v) is 7.81. The summed E-state index contributed by atoms with van der Waals surface area (Å²) in [5.74, 6) is 2.25. The molecule has 0 unspecified atom stereocenters. The summed E-state index contributed by atoms with van der Waals surface area (Å²) in [7, 11) is 1.15. The van der Waals surface area contributed by atoms with Gasteiger partial charge in [0.25, 0.3) is 0 Å². The van der Waals surface area contributed by atoms with Gasteiger partial charge in [0.1, 0.15) is 17.9 Å². The molecule has 2 saturated heterocycles. The Morgan fingerprint density at radius 2 is 1.77 bits per heavy atom. The molecule has 4 heterocycles. The van der Waals surface area contributed by atoms with Gasteiger partial charge < -0.3 is 34.2 Å². The normalized spacial score (nSPS) is 16.7. The average Bonchev–Trinajstić information content (AvgIpc) is 3.52. The maximum Gasteiger partial charge on any atom is 0.247 e. The van der Waals surface area contributed by atoms with Gasteiger partial charge in [-0.1, -0.05) is 18.5 Å². The van der Waals surface area contributed by atoms with Crippen molar-refractivity contribution in [2.24, 2.45) is 0 Å². The summed E-state index contributed by atoms with van der Waals surface area (Å²) >= 11 is 6.57. The SMILES string of the molecule is CCc1cc(Nc2ncc(Cl)c(Nc3ccc(-c4nnc(C)o4)cc3P(C)(C)=O)n2)c(OC)cc1N1CCC(N2CCN(C)CC2)CC1. The van der Waals surface area contributed by atoms with Gasteiger partial charge in [0.15, 0.2) is 5.82 Å². The molecular formula is C34H45ClN9O3P. The molecule has 0 bridgehead atoms. The molecule has 2 aliphatic rings. The average molecular weight is 694 g/mol. The largest absolute Gasteiger partial charge is 0.494 e. The zero-order valence-corrected chi connectivity index (χ0v) is 30.2. The summed E-state index contributed by atoms with van der Waals surface area (Å²) in [5.41, 5.74) is 4.50. The number of halogens is 1. The first-order chi connectivity index (χ1) is 23.0. The molecule has 48 heavy (non-hydrogen) atoms. The highest BCUT2D eigenvalue weighted by Gasteiger charge is 2.28. The van der Waals surface area contributed by atoms with E-state index in [1.165, 1.54) is 17.4 Å². The topological polar surface area (TPSA) is 125 Å². The van der Waals surface area contributed by atoms with Gasteiger partial charge in [-0.15, -0.1) is 10.2 Å². The quantitative estimate of drug-likeness (QED) is 0.189. The summed E-state index contributed by atoms with van der Waals surface area (Å²) in [6, 6.07) is 10.4. The van der Waals surface area contributed by atoms with Crippen LogP contribution in [0.5, 0.6) is 5.75 Å². The smallest absolute Gasteiger partial charge is 0.247 e. The molecule has 256 valence electrons. The van der Waals surface area contributed by atoms with E-state index in [2.05, 4.69) is 66.6 Å². The first-order valence-corrected chi connectivity index (χ1v) is 19.5. The number of hydrogen-bond acceptors (Lipinski definition) is 12. The van der Waals surface area contributed by atoms with Crippen molar-refractivity contribution in [3.05, 3.63) is 53.0 Å². The van der Waals surface area contributed by atoms with Gasteiger partial charge in [-0.2, -0.15) is 4.98 Å². The van der Waals surface area contributed by atoms with Crippen LogP contribution in [-0.4, -0.2) is 103 Å². The minimum absolute atomic E-state index is 0.321. The fourth-order valence-electron chi connectivity index (χ4n) is 6.51. The number of piperidine rings is 1. The molecule has 0 saturated carbocycles. The van der Waals surface area contributed by atoms with Crippen LogP contribution in [-0.2, 0) is 11.0 Å². The Morgan fingerprint density at radius 3 is 2.42 bits per heavy atom. The van der Waals surface area contributed by atoms with E-state index in [-0.39, 0.29) is 0 Å². The number of nitrogens with zero attached hydrogens (tertiary/aromatic N) is 7. The minimum atomic E-state index is -2.74. The molecule has 2 aromatic carbocycles. The van der Waals surface area contributed by atoms with Crippen LogP contribution in [0.4, 0.5) is 28.8 Å². The molecule has 0 atom stereocenters. The number of nitrogens with one attached hydrogen (secondary N) is 2. The Kier molecular flexibility index (Phi) is 10.3. The highest BCUT2D eigenvalue weighted by atomic mass is 35.5. The van der Waals surface area contributed by atoms with E-state index < -0.39 is 7.14 Å². The van der Waals surface area contributed by atoms with Crippen LogP contribution < -0.4 is 25.6 Å². The molecule has 14 heteroatoms. The summed E-state index contributed by atoms with van der Waals surface area (Å²) < 4.78 is 24.9. The number of likely N-dealkylation sites (N-methyl/N-ethyl adjacent to an activating group) is 1. The number of anilines is 5. The second-order valence-electron chi connectivity index (χ2n) is 12.9. The predicted molar refractivity (Wildman–Crippen MR) is 194 cm³/mol. The van der Waals surface area contributed by atoms with Crippen molar-refractivity contribution in [3.63, 3.8) is 0 Å². The Morgan fingerprint density at radius 1 is 1.02 bits per heavy atom. The van der Waals surface area contributed by atoms with E-state index in [1.807, 2.05) is 12.1 Å². The number of ether oxygens (including phenoxy) is 1. The lowest BCUT2D eigenvalue weighted by Crippen LogP contribution is -2.52. The summed E-state index contributed by atoms with van der Waals surface area (Å²) in [4.78, 5) is 16.7. The van der Waals surface area contributed by atoms with E-state index >= 15 is 0 Å². The van der Waals surface area contributed by atoms with Crippen LogP contribution >= 0.6 is 18.7 Å². The second kappa shape index (κ2) is 14.4. The number of aryl methyl sites for hydroxylation is 2. The van der Waals surface area contributed by atoms with Crippen molar-refractivity contribution in [2.45, 2.75) is 39.2 Å².